The summed E-state index contributed by atoms with van der Waals surface area (Å²) in [6.45, 7) is 4.16. The van der Waals surface area contributed by atoms with E-state index in [9.17, 15) is 4.79 Å². The Kier molecular flexibility index (Phi) is 5.35. The second-order valence-corrected chi connectivity index (χ2v) is 7.98. The number of thioether (sulfide) groups is 1. The van der Waals surface area contributed by atoms with Gasteiger partial charge in [-0.3, -0.25) is 4.79 Å². The van der Waals surface area contributed by atoms with Crippen molar-refractivity contribution in [1.82, 2.24) is 30.3 Å². The van der Waals surface area contributed by atoms with Gasteiger partial charge in [-0.2, -0.15) is 4.98 Å². The first-order valence-electron chi connectivity index (χ1n) is 8.54. The predicted molar refractivity (Wildman–Crippen MR) is 106 cm³/mol. The number of imidazole rings is 1. The summed E-state index contributed by atoms with van der Waals surface area (Å²) in [5.41, 5.74) is 5.96. The monoisotopic (exact) mass is 415 g/mol. The van der Waals surface area contributed by atoms with Gasteiger partial charge in [-0.25, -0.2) is 4.98 Å². The highest BCUT2D eigenvalue weighted by Crippen LogP contribution is 2.24. The summed E-state index contributed by atoms with van der Waals surface area (Å²) in [6.07, 6.45) is 0.599. The Bertz CT molecular complexity index is 1070. The van der Waals surface area contributed by atoms with E-state index in [1.165, 1.54) is 34.2 Å². The second kappa shape index (κ2) is 8.07. The number of benzene rings is 1. The Labute approximate surface area is 168 Å². The third kappa shape index (κ3) is 4.37. The van der Waals surface area contributed by atoms with Crippen molar-refractivity contribution in [2.45, 2.75) is 37.6 Å². The number of aromatic amines is 1. The summed E-state index contributed by atoms with van der Waals surface area (Å²) < 4.78 is 5.22. The van der Waals surface area contributed by atoms with Crippen molar-refractivity contribution in [1.29, 1.82) is 0 Å². The predicted octanol–water partition coefficient (Wildman–Crippen LogP) is 3.28. The van der Waals surface area contributed by atoms with Crippen LogP contribution in [-0.2, 0) is 17.0 Å². The number of carbonyl (C=O) groups excluding carboxylic acids is 1. The Morgan fingerprint density at radius 1 is 1.29 bits per heavy atom. The highest BCUT2D eigenvalue weighted by Gasteiger charge is 2.12. The Balaban J connectivity index is 1.30. The highest BCUT2D eigenvalue weighted by atomic mass is 32.2. The molecule has 1 amide bonds. The zero-order valence-electron chi connectivity index (χ0n) is 15.2. The molecule has 11 heteroatoms. The average Bonchev–Trinajstić information content (AvgIpc) is 3.40. The summed E-state index contributed by atoms with van der Waals surface area (Å²) in [6, 6.07) is 4.17. The fraction of sp³-hybridized carbons (Fsp3) is 0.294. The largest absolute Gasteiger partial charge is 0.339 e. The molecular weight excluding hydrogens is 398 g/mol. The van der Waals surface area contributed by atoms with Gasteiger partial charge in [-0.05, 0) is 37.1 Å². The first-order valence-corrected chi connectivity index (χ1v) is 10.4. The van der Waals surface area contributed by atoms with Crippen LogP contribution in [0.25, 0.3) is 11.0 Å². The Hall–Kier alpha value is -2.79. The molecule has 0 saturated carbocycles. The number of anilines is 1. The van der Waals surface area contributed by atoms with E-state index >= 15 is 0 Å². The van der Waals surface area contributed by atoms with Crippen molar-refractivity contribution in [3.8, 4) is 0 Å². The third-order valence-electron chi connectivity index (χ3n) is 4.10. The minimum atomic E-state index is -0.168. The van der Waals surface area contributed by atoms with E-state index in [2.05, 4.69) is 61.6 Å². The second-order valence-electron chi connectivity index (χ2n) is 6.18. The molecule has 3 heterocycles. The molecule has 1 aromatic carbocycles. The van der Waals surface area contributed by atoms with E-state index in [1.54, 1.807) is 5.51 Å². The van der Waals surface area contributed by atoms with Crippen molar-refractivity contribution in [2.75, 3.05) is 5.32 Å². The molecule has 0 aliphatic heterocycles. The summed E-state index contributed by atoms with van der Waals surface area (Å²) in [4.78, 5) is 24.1. The van der Waals surface area contributed by atoms with Crippen LogP contribution in [0.4, 0.5) is 5.13 Å². The number of aryl methyl sites for hydroxylation is 3. The normalized spacial score (nSPS) is 11.2. The van der Waals surface area contributed by atoms with Crippen LogP contribution in [0, 0.1) is 13.8 Å². The fourth-order valence-electron chi connectivity index (χ4n) is 2.53. The molecule has 0 saturated heterocycles. The average molecular weight is 416 g/mol. The lowest BCUT2D eigenvalue weighted by molar-refractivity contribution is -0.116. The highest BCUT2D eigenvalue weighted by molar-refractivity contribution is 7.98. The van der Waals surface area contributed by atoms with Crippen LogP contribution in [0.15, 0.2) is 27.3 Å². The molecular formula is C17H17N7O2S2. The molecule has 0 bridgehead atoms. The number of hydrogen-bond acceptors (Lipinski definition) is 9. The van der Waals surface area contributed by atoms with Crippen LogP contribution in [0.1, 0.15) is 29.3 Å². The van der Waals surface area contributed by atoms with Gasteiger partial charge in [-0.15, -0.1) is 10.2 Å². The molecule has 0 aliphatic carbocycles. The summed E-state index contributed by atoms with van der Waals surface area (Å²) >= 11 is 2.77. The van der Waals surface area contributed by atoms with Gasteiger partial charge in [0.05, 0.1) is 16.8 Å². The quantitative estimate of drug-likeness (QED) is 0.441. The van der Waals surface area contributed by atoms with Crippen LogP contribution >= 0.6 is 23.1 Å². The molecule has 0 atom stereocenters. The molecule has 0 aliphatic rings. The van der Waals surface area contributed by atoms with Gasteiger partial charge in [-0.1, -0.05) is 28.3 Å². The minimum absolute atomic E-state index is 0.168. The van der Waals surface area contributed by atoms with Gasteiger partial charge in [0.1, 0.15) is 5.51 Å². The first-order chi connectivity index (χ1) is 13.6. The lowest BCUT2D eigenvalue weighted by atomic mass is 10.1. The van der Waals surface area contributed by atoms with E-state index in [0.29, 0.717) is 29.0 Å². The zero-order chi connectivity index (χ0) is 19.5. The van der Waals surface area contributed by atoms with Gasteiger partial charge in [0.15, 0.2) is 11.0 Å². The van der Waals surface area contributed by atoms with Crippen LogP contribution in [0.3, 0.4) is 0 Å². The van der Waals surface area contributed by atoms with Crippen molar-refractivity contribution in [3.63, 3.8) is 0 Å². The standard InChI is InChI=1S/C17H17N7O2S2/c1-9-5-11-12(6-10(9)2)20-16(19-11)27-7-13-21-15(26-24-13)4-3-14(25)22-17-23-18-8-28-17/h5-6,8H,3-4,7H2,1-2H3,(H,19,20)(H,22,23,25). The molecule has 28 heavy (non-hydrogen) atoms. The van der Waals surface area contributed by atoms with E-state index in [-0.39, 0.29) is 12.3 Å². The third-order valence-corrected chi connectivity index (χ3v) is 5.57. The molecule has 0 spiro atoms. The molecule has 2 N–H and O–H groups in total. The number of H-pyrrole nitrogens is 1. The number of nitrogens with one attached hydrogen (secondary N) is 2. The molecule has 9 nitrogen and oxygen atoms in total. The maximum atomic E-state index is 11.9. The zero-order valence-corrected chi connectivity index (χ0v) is 16.9. The maximum absolute atomic E-state index is 11.9. The summed E-state index contributed by atoms with van der Waals surface area (Å²) in [7, 11) is 0. The van der Waals surface area contributed by atoms with E-state index in [0.717, 1.165) is 16.2 Å². The van der Waals surface area contributed by atoms with Gasteiger partial charge in [0.25, 0.3) is 0 Å². The lowest BCUT2D eigenvalue weighted by Crippen LogP contribution is -2.12. The number of aromatic nitrogens is 6. The Morgan fingerprint density at radius 2 is 2.14 bits per heavy atom. The van der Waals surface area contributed by atoms with Gasteiger partial charge < -0.3 is 14.8 Å². The number of nitrogens with zero attached hydrogens (tertiary/aromatic N) is 5. The topological polar surface area (TPSA) is 122 Å². The fourth-order valence-corrected chi connectivity index (χ4v) is 3.72. The molecule has 4 rings (SSSR count). The first kappa shape index (κ1) is 18.6. The molecule has 0 radical (unpaired) electrons. The molecule has 144 valence electrons. The Morgan fingerprint density at radius 3 is 2.96 bits per heavy atom. The van der Waals surface area contributed by atoms with Gasteiger partial charge in [0.2, 0.25) is 16.9 Å². The number of carbonyl (C=O) groups is 1. The van der Waals surface area contributed by atoms with E-state index in [4.69, 9.17) is 4.52 Å². The molecule has 0 fully saturated rings. The number of fused-ring (bicyclic) bond motifs is 1. The van der Waals surface area contributed by atoms with Crippen LogP contribution in [0.2, 0.25) is 0 Å². The minimum Gasteiger partial charge on any atom is -0.339 e. The van der Waals surface area contributed by atoms with Crippen LogP contribution in [0.5, 0.6) is 0 Å². The van der Waals surface area contributed by atoms with Crippen LogP contribution in [-0.4, -0.2) is 36.2 Å². The summed E-state index contributed by atoms with van der Waals surface area (Å²) in [5, 5.41) is 15.4. The van der Waals surface area contributed by atoms with Crippen molar-refractivity contribution < 1.29 is 9.32 Å². The molecule has 3 aromatic heterocycles. The molecule has 0 unspecified atom stereocenters. The smallest absolute Gasteiger partial charge is 0.227 e. The van der Waals surface area contributed by atoms with Crippen molar-refractivity contribution in [3.05, 3.63) is 40.5 Å². The SMILES string of the molecule is Cc1cc2nc(SCc3noc(CCC(=O)Nc4nncs4)n3)[nH]c2cc1C. The number of hydrogen-bond donors (Lipinski definition) is 2. The number of amides is 1. The van der Waals surface area contributed by atoms with Gasteiger partial charge >= 0.3 is 0 Å². The van der Waals surface area contributed by atoms with Crippen molar-refractivity contribution >= 4 is 45.2 Å². The van der Waals surface area contributed by atoms with E-state index in [1.807, 2.05) is 0 Å². The summed E-state index contributed by atoms with van der Waals surface area (Å²) in [5.74, 6) is 1.35. The maximum Gasteiger partial charge on any atom is 0.227 e. The van der Waals surface area contributed by atoms with Crippen molar-refractivity contribution in [2.24, 2.45) is 0 Å². The van der Waals surface area contributed by atoms with E-state index < -0.39 is 0 Å². The molecule has 4 aromatic rings. The number of rotatable bonds is 7. The lowest BCUT2D eigenvalue weighted by Gasteiger charge is -1.97. The van der Waals surface area contributed by atoms with Gasteiger partial charge in [0, 0.05) is 12.8 Å². The van der Waals surface area contributed by atoms with Crippen LogP contribution < -0.4 is 5.32 Å².